The molecular weight excluding hydrogens is 232 g/mol. The molecule has 0 saturated carbocycles. The lowest BCUT2D eigenvalue weighted by Gasteiger charge is -2.10. The highest BCUT2D eigenvalue weighted by Gasteiger charge is 2.12. The summed E-state index contributed by atoms with van der Waals surface area (Å²) in [6.45, 7) is 3.85. The number of aryl methyl sites for hydroxylation is 2. The van der Waals surface area contributed by atoms with E-state index in [9.17, 15) is 4.79 Å². The van der Waals surface area contributed by atoms with Crippen LogP contribution in [0.2, 0.25) is 0 Å². The molecule has 1 heterocycles. The summed E-state index contributed by atoms with van der Waals surface area (Å²) in [6, 6.07) is 5.58. The summed E-state index contributed by atoms with van der Waals surface area (Å²) in [5.74, 6) is -0.107. The fourth-order valence-electron chi connectivity index (χ4n) is 1.64. The Balaban J connectivity index is 2.28. The monoisotopic (exact) mass is 246 g/mol. The van der Waals surface area contributed by atoms with Gasteiger partial charge in [-0.15, -0.1) is 0 Å². The van der Waals surface area contributed by atoms with Gasteiger partial charge in [0, 0.05) is 5.38 Å². The molecular formula is C13H14N2OS. The molecule has 4 heteroatoms. The van der Waals surface area contributed by atoms with Crippen molar-refractivity contribution in [2.24, 2.45) is 0 Å². The van der Waals surface area contributed by atoms with Crippen LogP contribution in [-0.4, -0.2) is 5.91 Å². The van der Waals surface area contributed by atoms with E-state index in [1.54, 1.807) is 6.07 Å². The number of nitrogens with two attached hydrogens (primary N) is 1. The van der Waals surface area contributed by atoms with Crippen molar-refractivity contribution in [3.05, 3.63) is 45.6 Å². The van der Waals surface area contributed by atoms with Gasteiger partial charge in [0.25, 0.3) is 5.91 Å². The third-order valence-electron chi connectivity index (χ3n) is 2.64. The maximum atomic E-state index is 12.0. The van der Waals surface area contributed by atoms with E-state index in [1.807, 2.05) is 36.7 Å². The summed E-state index contributed by atoms with van der Waals surface area (Å²) in [4.78, 5) is 12.0. The first-order chi connectivity index (χ1) is 8.09. The number of nitrogen functional groups attached to an aromatic ring is 1. The van der Waals surface area contributed by atoms with Crippen LogP contribution in [0.25, 0.3) is 0 Å². The zero-order valence-electron chi connectivity index (χ0n) is 9.78. The molecule has 2 aromatic rings. The molecule has 0 unspecified atom stereocenters. The van der Waals surface area contributed by atoms with Gasteiger partial charge in [-0.2, -0.15) is 11.3 Å². The second kappa shape index (κ2) is 4.59. The minimum Gasteiger partial charge on any atom is -0.397 e. The fraction of sp³-hybridized carbons (Fsp3) is 0.154. The highest BCUT2D eigenvalue weighted by molar-refractivity contribution is 7.08. The molecule has 1 aromatic heterocycles. The van der Waals surface area contributed by atoms with E-state index in [2.05, 4.69) is 5.32 Å². The van der Waals surface area contributed by atoms with Gasteiger partial charge in [0.1, 0.15) is 0 Å². The summed E-state index contributed by atoms with van der Waals surface area (Å²) in [5.41, 5.74) is 9.79. The summed E-state index contributed by atoms with van der Waals surface area (Å²) < 4.78 is 0. The van der Waals surface area contributed by atoms with Gasteiger partial charge in [-0.05, 0) is 36.4 Å². The number of nitrogens with one attached hydrogen (secondary N) is 1. The number of thiophene rings is 1. The maximum absolute atomic E-state index is 12.0. The Hall–Kier alpha value is -1.81. The van der Waals surface area contributed by atoms with Crippen LogP contribution in [0.15, 0.2) is 29.0 Å². The maximum Gasteiger partial charge on any atom is 0.256 e. The van der Waals surface area contributed by atoms with E-state index < -0.39 is 0 Å². The molecule has 0 aliphatic carbocycles. The second-order valence-electron chi connectivity index (χ2n) is 3.96. The van der Waals surface area contributed by atoms with Crippen molar-refractivity contribution in [2.45, 2.75) is 13.8 Å². The third kappa shape index (κ3) is 2.31. The Labute approximate surface area is 104 Å². The Morgan fingerprint density at radius 2 is 2.00 bits per heavy atom. The average molecular weight is 246 g/mol. The Morgan fingerprint density at radius 3 is 2.59 bits per heavy atom. The van der Waals surface area contributed by atoms with E-state index in [4.69, 9.17) is 5.73 Å². The molecule has 0 aliphatic heterocycles. The first-order valence-electron chi connectivity index (χ1n) is 5.29. The predicted octanol–water partition coefficient (Wildman–Crippen LogP) is 3.20. The molecule has 3 nitrogen and oxygen atoms in total. The molecule has 0 bridgehead atoms. The van der Waals surface area contributed by atoms with Gasteiger partial charge in [0.2, 0.25) is 0 Å². The van der Waals surface area contributed by atoms with Crippen molar-refractivity contribution in [2.75, 3.05) is 11.1 Å². The minimum absolute atomic E-state index is 0.107. The number of benzene rings is 1. The van der Waals surface area contributed by atoms with Crippen LogP contribution < -0.4 is 11.1 Å². The number of carbonyl (C=O) groups excluding carboxylic acids is 1. The minimum atomic E-state index is -0.107. The first kappa shape index (κ1) is 11.7. The highest BCUT2D eigenvalue weighted by atomic mass is 32.1. The molecule has 2 rings (SSSR count). The van der Waals surface area contributed by atoms with Crippen molar-refractivity contribution in [1.82, 2.24) is 0 Å². The van der Waals surface area contributed by atoms with E-state index in [0.717, 1.165) is 11.1 Å². The number of para-hydroxylation sites is 1. The molecule has 1 aromatic carbocycles. The lowest BCUT2D eigenvalue weighted by Crippen LogP contribution is -2.14. The van der Waals surface area contributed by atoms with Crippen LogP contribution in [0.5, 0.6) is 0 Å². The van der Waals surface area contributed by atoms with Crippen LogP contribution in [0, 0.1) is 13.8 Å². The molecule has 0 radical (unpaired) electrons. The molecule has 0 aliphatic rings. The molecule has 88 valence electrons. The molecule has 0 saturated heterocycles. The number of hydrogen-bond acceptors (Lipinski definition) is 3. The normalized spacial score (nSPS) is 10.2. The molecule has 0 atom stereocenters. The number of hydrogen-bond donors (Lipinski definition) is 2. The van der Waals surface area contributed by atoms with E-state index in [0.29, 0.717) is 16.9 Å². The SMILES string of the molecule is Cc1cscc1C(=O)Nc1c(C)cccc1N. The van der Waals surface area contributed by atoms with Gasteiger partial charge >= 0.3 is 0 Å². The van der Waals surface area contributed by atoms with Crippen LogP contribution in [-0.2, 0) is 0 Å². The van der Waals surface area contributed by atoms with Crippen molar-refractivity contribution >= 4 is 28.6 Å². The fourth-order valence-corrected chi connectivity index (χ4v) is 2.46. The number of carbonyl (C=O) groups is 1. The quantitative estimate of drug-likeness (QED) is 0.799. The molecule has 3 N–H and O–H groups in total. The van der Waals surface area contributed by atoms with Gasteiger partial charge in [-0.1, -0.05) is 12.1 Å². The Kier molecular flexibility index (Phi) is 3.15. The van der Waals surface area contributed by atoms with Gasteiger partial charge in [-0.25, -0.2) is 0 Å². The molecule has 0 fully saturated rings. The van der Waals surface area contributed by atoms with E-state index >= 15 is 0 Å². The number of rotatable bonds is 2. The van der Waals surface area contributed by atoms with E-state index in [-0.39, 0.29) is 5.91 Å². The molecule has 17 heavy (non-hydrogen) atoms. The predicted molar refractivity (Wildman–Crippen MR) is 72.6 cm³/mol. The van der Waals surface area contributed by atoms with Gasteiger partial charge in [-0.3, -0.25) is 4.79 Å². The third-order valence-corrected chi connectivity index (χ3v) is 3.51. The van der Waals surface area contributed by atoms with Crippen LogP contribution in [0.4, 0.5) is 11.4 Å². The number of amides is 1. The Morgan fingerprint density at radius 1 is 1.24 bits per heavy atom. The van der Waals surface area contributed by atoms with Crippen molar-refractivity contribution in [3.63, 3.8) is 0 Å². The zero-order valence-corrected chi connectivity index (χ0v) is 10.6. The highest BCUT2D eigenvalue weighted by Crippen LogP contribution is 2.24. The number of anilines is 2. The van der Waals surface area contributed by atoms with Crippen LogP contribution in [0.1, 0.15) is 21.5 Å². The van der Waals surface area contributed by atoms with Crippen molar-refractivity contribution < 1.29 is 4.79 Å². The standard InChI is InChI=1S/C13H14N2OS/c1-8-4-3-5-11(14)12(8)15-13(16)10-7-17-6-9(10)2/h3-7H,14H2,1-2H3,(H,15,16). The molecule has 1 amide bonds. The summed E-state index contributed by atoms with van der Waals surface area (Å²) in [7, 11) is 0. The largest absolute Gasteiger partial charge is 0.397 e. The first-order valence-corrected chi connectivity index (χ1v) is 6.23. The topological polar surface area (TPSA) is 55.1 Å². The smallest absolute Gasteiger partial charge is 0.256 e. The average Bonchev–Trinajstić information content (AvgIpc) is 2.70. The molecule has 0 spiro atoms. The summed E-state index contributed by atoms with van der Waals surface area (Å²) in [5, 5.41) is 6.67. The summed E-state index contributed by atoms with van der Waals surface area (Å²) >= 11 is 1.52. The zero-order chi connectivity index (χ0) is 12.4. The van der Waals surface area contributed by atoms with Gasteiger partial charge < -0.3 is 11.1 Å². The van der Waals surface area contributed by atoms with Gasteiger partial charge in [0.15, 0.2) is 0 Å². The van der Waals surface area contributed by atoms with Crippen LogP contribution >= 0.6 is 11.3 Å². The lowest BCUT2D eigenvalue weighted by molar-refractivity contribution is 0.102. The van der Waals surface area contributed by atoms with E-state index in [1.165, 1.54) is 11.3 Å². The van der Waals surface area contributed by atoms with Crippen molar-refractivity contribution in [1.29, 1.82) is 0 Å². The lowest BCUT2D eigenvalue weighted by atomic mass is 10.1. The second-order valence-corrected chi connectivity index (χ2v) is 4.71. The Bertz CT molecular complexity index is 540. The van der Waals surface area contributed by atoms with Crippen molar-refractivity contribution in [3.8, 4) is 0 Å². The summed E-state index contributed by atoms with van der Waals surface area (Å²) in [6.07, 6.45) is 0. The van der Waals surface area contributed by atoms with Gasteiger partial charge in [0.05, 0.1) is 16.9 Å². The van der Waals surface area contributed by atoms with Crippen LogP contribution in [0.3, 0.4) is 0 Å².